The zero-order chi connectivity index (χ0) is 25.2. The smallest absolute Gasteiger partial charge is 0.244 e. The molecule has 0 N–H and O–H groups in total. The van der Waals surface area contributed by atoms with Crippen LogP contribution in [0.1, 0.15) is 31.7 Å². The van der Waals surface area contributed by atoms with Crippen molar-refractivity contribution >= 4 is 39.1 Å². The van der Waals surface area contributed by atoms with Gasteiger partial charge in [0, 0.05) is 28.5 Å². The van der Waals surface area contributed by atoms with Crippen molar-refractivity contribution in [3.05, 3.63) is 76.8 Å². The predicted molar refractivity (Wildman–Crippen MR) is 138 cm³/mol. The number of carbonyl (C=O) groups is 1. The number of piperidine rings is 1. The summed E-state index contributed by atoms with van der Waals surface area (Å²) in [6.07, 6.45) is 3.64. The van der Waals surface area contributed by atoms with Crippen LogP contribution >= 0.6 is 23.2 Å². The summed E-state index contributed by atoms with van der Waals surface area (Å²) < 4.78 is 35.0. The van der Waals surface area contributed by atoms with Gasteiger partial charge in [-0.3, -0.25) is 4.79 Å². The molecule has 4 atom stereocenters. The summed E-state index contributed by atoms with van der Waals surface area (Å²) in [6.45, 7) is 7.10. The van der Waals surface area contributed by atoms with Crippen molar-refractivity contribution < 1.29 is 17.9 Å². The van der Waals surface area contributed by atoms with Gasteiger partial charge in [0.05, 0.1) is 24.2 Å². The molecule has 35 heavy (non-hydrogen) atoms. The lowest BCUT2D eigenvalue weighted by molar-refractivity contribution is -0.138. The van der Waals surface area contributed by atoms with E-state index in [-0.39, 0.29) is 38.8 Å². The van der Waals surface area contributed by atoms with E-state index in [0.29, 0.717) is 32.6 Å². The number of nitrogens with zero attached hydrogens (tertiary/aromatic N) is 2. The van der Waals surface area contributed by atoms with Crippen molar-refractivity contribution in [3.8, 4) is 0 Å². The number of hydrogen-bond donors (Lipinski definition) is 0. The number of rotatable bonds is 8. The highest BCUT2D eigenvalue weighted by Crippen LogP contribution is 2.38. The van der Waals surface area contributed by atoms with E-state index >= 15 is 0 Å². The van der Waals surface area contributed by atoms with Crippen LogP contribution in [0.15, 0.2) is 66.1 Å². The molecule has 2 aromatic carbocycles. The molecule has 0 unspecified atom stereocenters. The highest BCUT2D eigenvalue weighted by atomic mass is 35.5. The largest absolute Gasteiger partial charge is 0.375 e. The van der Waals surface area contributed by atoms with Crippen molar-refractivity contribution in [2.75, 3.05) is 13.2 Å². The Labute approximate surface area is 217 Å². The number of ether oxygens (including phenoxy) is 1. The zero-order valence-electron chi connectivity index (χ0n) is 19.6. The summed E-state index contributed by atoms with van der Waals surface area (Å²) >= 11 is 12.2. The number of benzene rings is 2. The van der Waals surface area contributed by atoms with E-state index in [1.54, 1.807) is 11.0 Å². The first-order chi connectivity index (χ1) is 16.7. The maximum atomic E-state index is 13.8. The van der Waals surface area contributed by atoms with Gasteiger partial charge in [0.15, 0.2) is 0 Å². The molecule has 9 heteroatoms. The minimum Gasteiger partial charge on any atom is -0.375 e. The van der Waals surface area contributed by atoms with E-state index < -0.39 is 16.1 Å². The van der Waals surface area contributed by atoms with E-state index in [9.17, 15) is 13.2 Å². The van der Waals surface area contributed by atoms with E-state index in [4.69, 9.17) is 27.9 Å². The van der Waals surface area contributed by atoms with Crippen molar-refractivity contribution in [3.63, 3.8) is 0 Å². The summed E-state index contributed by atoms with van der Waals surface area (Å²) in [5, 5.41) is 0.460. The Kier molecular flexibility index (Phi) is 8.23. The molecule has 1 amide bonds. The molecule has 2 saturated heterocycles. The summed E-state index contributed by atoms with van der Waals surface area (Å²) in [6, 6.07) is 12.7. The van der Waals surface area contributed by atoms with Gasteiger partial charge < -0.3 is 9.64 Å². The number of carbonyl (C=O) groups excluding carboxylic acids is 1. The Morgan fingerprint density at radius 3 is 2.49 bits per heavy atom. The molecule has 2 aliphatic rings. The molecule has 2 fully saturated rings. The Hall–Kier alpha value is -1.90. The molecular weight excluding hydrogens is 507 g/mol. The molecule has 0 aromatic heterocycles. The van der Waals surface area contributed by atoms with Crippen LogP contribution in [0.4, 0.5) is 0 Å². The molecule has 2 aromatic rings. The molecule has 6 nitrogen and oxygen atoms in total. The van der Waals surface area contributed by atoms with Gasteiger partial charge in [-0.05, 0) is 49.9 Å². The lowest BCUT2D eigenvalue weighted by atomic mass is 9.90. The third-order valence-corrected chi connectivity index (χ3v) is 9.15. The maximum absolute atomic E-state index is 13.8. The number of sulfonamides is 1. The number of hydrogen-bond acceptors (Lipinski definition) is 4. The average molecular weight is 538 g/mol. The van der Waals surface area contributed by atoms with Crippen LogP contribution in [0.25, 0.3) is 0 Å². The normalized spacial score (nSPS) is 24.1. The third kappa shape index (κ3) is 5.59. The molecular formula is C26H30Cl2N2O4S. The summed E-state index contributed by atoms with van der Waals surface area (Å²) in [4.78, 5) is 15.6. The van der Waals surface area contributed by atoms with Crippen LogP contribution in [-0.4, -0.2) is 54.8 Å². The van der Waals surface area contributed by atoms with Gasteiger partial charge in [-0.1, -0.05) is 59.6 Å². The average Bonchev–Trinajstić information content (AvgIpc) is 2.90. The first-order valence-corrected chi connectivity index (χ1v) is 14.0. The molecule has 188 valence electrons. The van der Waals surface area contributed by atoms with Gasteiger partial charge in [0.2, 0.25) is 15.9 Å². The molecule has 0 radical (unpaired) electrons. The highest BCUT2D eigenvalue weighted by Gasteiger charge is 2.50. The highest BCUT2D eigenvalue weighted by molar-refractivity contribution is 7.89. The monoisotopic (exact) mass is 536 g/mol. The Balaban J connectivity index is 1.61. The fourth-order valence-corrected chi connectivity index (χ4v) is 7.66. The molecule has 0 aliphatic carbocycles. The topological polar surface area (TPSA) is 66.9 Å². The lowest BCUT2D eigenvalue weighted by Crippen LogP contribution is -2.55. The van der Waals surface area contributed by atoms with Crippen molar-refractivity contribution in [1.29, 1.82) is 0 Å². The second-order valence-electron chi connectivity index (χ2n) is 9.19. The summed E-state index contributed by atoms with van der Waals surface area (Å²) in [7, 11) is -4.03. The van der Waals surface area contributed by atoms with Crippen molar-refractivity contribution in [1.82, 2.24) is 9.21 Å². The molecule has 2 aliphatic heterocycles. The first-order valence-electron chi connectivity index (χ1n) is 11.8. The molecule has 2 bridgehead atoms. The Bertz CT molecular complexity index is 1150. The third-order valence-electron chi connectivity index (χ3n) is 6.80. The fourth-order valence-electron chi connectivity index (χ4n) is 5.06. The molecule has 4 rings (SSSR count). The van der Waals surface area contributed by atoms with Crippen LogP contribution in [0.3, 0.4) is 0 Å². The number of amides is 1. The van der Waals surface area contributed by atoms with E-state index in [1.165, 1.54) is 22.5 Å². The van der Waals surface area contributed by atoms with Crippen LogP contribution in [0.2, 0.25) is 10.0 Å². The zero-order valence-corrected chi connectivity index (χ0v) is 22.0. The second-order valence-corrected chi connectivity index (χ2v) is 11.9. The molecule has 2 heterocycles. The van der Waals surface area contributed by atoms with E-state index in [1.807, 2.05) is 37.3 Å². The summed E-state index contributed by atoms with van der Waals surface area (Å²) in [5.74, 6) is -0.420. The predicted octanol–water partition coefficient (Wildman–Crippen LogP) is 5.15. The van der Waals surface area contributed by atoms with Gasteiger partial charge >= 0.3 is 0 Å². The lowest BCUT2D eigenvalue weighted by Gasteiger charge is -2.40. The SMILES string of the molecule is C=C[C@H]1CN([C@@H](C)COCc2ccccc2)C(=O)[C@@H]2CCC[C@H]1N2S(=O)(=O)c1cc(Cl)cc(Cl)c1. The fraction of sp³-hybridized carbons (Fsp3) is 0.423. The van der Waals surface area contributed by atoms with Crippen molar-refractivity contribution in [2.24, 2.45) is 5.92 Å². The van der Waals surface area contributed by atoms with Crippen molar-refractivity contribution in [2.45, 2.75) is 55.8 Å². The van der Waals surface area contributed by atoms with E-state index in [2.05, 4.69) is 6.58 Å². The Morgan fingerprint density at radius 1 is 1.14 bits per heavy atom. The van der Waals surface area contributed by atoms with Crippen LogP contribution in [0, 0.1) is 5.92 Å². The van der Waals surface area contributed by atoms with Gasteiger partial charge in [-0.15, -0.1) is 6.58 Å². The molecule has 0 saturated carbocycles. The standard InChI is InChI=1S/C26H30Cl2N2O4S/c1-3-20-15-29(18(2)16-34-17-19-8-5-4-6-9-19)26(31)25-11-7-10-24(20)30(25)35(32,33)23-13-21(27)12-22(28)14-23/h3-6,8-9,12-14,18,20,24-25H,1,7,10-11,15-17H2,2H3/t18-,20-,24+,25-/m0/s1. The Morgan fingerprint density at radius 2 is 1.83 bits per heavy atom. The van der Waals surface area contributed by atoms with Crippen LogP contribution < -0.4 is 0 Å². The van der Waals surface area contributed by atoms with Crippen LogP contribution in [-0.2, 0) is 26.2 Å². The second kappa shape index (κ2) is 11.0. The number of fused-ring (bicyclic) bond motifs is 2. The van der Waals surface area contributed by atoms with Gasteiger partial charge in [0.25, 0.3) is 0 Å². The maximum Gasteiger partial charge on any atom is 0.244 e. The molecule has 0 spiro atoms. The van der Waals surface area contributed by atoms with E-state index in [0.717, 1.165) is 12.0 Å². The quantitative estimate of drug-likeness (QED) is 0.437. The van der Waals surface area contributed by atoms with Crippen LogP contribution in [0.5, 0.6) is 0 Å². The van der Waals surface area contributed by atoms with Gasteiger partial charge in [0.1, 0.15) is 6.04 Å². The summed E-state index contributed by atoms with van der Waals surface area (Å²) in [5.41, 5.74) is 1.05. The minimum absolute atomic E-state index is 0.00444. The first kappa shape index (κ1) is 26.2. The minimum atomic E-state index is -4.03. The van der Waals surface area contributed by atoms with Gasteiger partial charge in [-0.25, -0.2) is 8.42 Å². The van der Waals surface area contributed by atoms with Gasteiger partial charge in [-0.2, -0.15) is 4.31 Å². The number of halogens is 2.